The third-order valence-corrected chi connectivity index (χ3v) is 4.65. The second-order valence-corrected chi connectivity index (χ2v) is 6.33. The second-order valence-electron chi connectivity index (χ2n) is 6.33. The minimum Gasteiger partial charge on any atom is -0.352 e. The fourth-order valence-corrected chi connectivity index (χ4v) is 3.15. The van der Waals surface area contributed by atoms with E-state index in [1.54, 1.807) is 23.0 Å². The number of fused-ring (bicyclic) bond motifs is 1. The number of halogens is 1. The van der Waals surface area contributed by atoms with E-state index in [2.05, 4.69) is 26.1 Å². The first kappa shape index (κ1) is 17.0. The Morgan fingerprint density at radius 2 is 2.00 bits per heavy atom. The molecule has 3 heterocycles. The molecule has 0 spiro atoms. The van der Waals surface area contributed by atoms with Crippen molar-refractivity contribution in [3.63, 3.8) is 0 Å². The summed E-state index contributed by atoms with van der Waals surface area (Å²) in [5, 5.41) is 12.2. The van der Waals surface area contributed by atoms with Crippen LogP contribution in [0.2, 0.25) is 0 Å². The van der Waals surface area contributed by atoms with E-state index in [9.17, 15) is 9.18 Å². The Morgan fingerprint density at radius 1 is 1.19 bits per heavy atom. The van der Waals surface area contributed by atoms with E-state index in [0.717, 1.165) is 11.4 Å². The first-order valence-corrected chi connectivity index (χ1v) is 8.59. The Hall–Kier alpha value is -3.47. The quantitative estimate of drug-likeness (QED) is 0.652. The largest absolute Gasteiger partial charge is 0.352 e. The molecule has 27 heavy (non-hydrogen) atoms. The molecule has 0 radical (unpaired) electrons. The zero-order valence-corrected chi connectivity index (χ0v) is 14.5. The summed E-state index contributed by atoms with van der Waals surface area (Å²) in [6.07, 6.45) is 7.05. The highest BCUT2D eigenvalue weighted by molar-refractivity contribution is 5.79. The van der Waals surface area contributed by atoms with E-state index in [-0.39, 0.29) is 17.9 Å². The normalized spacial score (nSPS) is 14.4. The van der Waals surface area contributed by atoms with Gasteiger partial charge in [0.15, 0.2) is 5.65 Å². The van der Waals surface area contributed by atoms with Crippen LogP contribution in [0, 0.1) is 18.2 Å². The van der Waals surface area contributed by atoms with Crippen LogP contribution in [0.1, 0.15) is 11.1 Å². The van der Waals surface area contributed by atoms with E-state index >= 15 is 0 Å². The van der Waals surface area contributed by atoms with Crippen LogP contribution in [0.15, 0.2) is 36.7 Å². The zero-order chi connectivity index (χ0) is 18.8. The number of carbonyl (C=O) groups excluding carboxylic acids is 1. The van der Waals surface area contributed by atoms with Crippen molar-refractivity contribution in [2.45, 2.75) is 6.42 Å². The van der Waals surface area contributed by atoms with E-state index in [4.69, 9.17) is 6.42 Å². The van der Waals surface area contributed by atoms with Gasteiger partial charge in [-0.2, -0.15) is 4.52 Å². The maximum absolute atomic E-state index is 13.5. The van der Waals surface area contributed by atoms with Crippen molar-refractivity contribution < 1.29 is 9.18 Å². The van der Waals surface area contributed by atoms with E-state index < -0.39 is 5.82 Å². The molecule has 1 aliphatic rings. The number of nitrogens with zero attached hydrogens (tertiary/aromatic N) is 6. The summed E-state index contributed by atoms with van der Waals surface area (Å²) in [5.41, 5.74) is 1.59. The number of benzene rings is 1. The summed E-state index contributed by atoms with van der Waals surface area (Å²) in [6, 6.07) is 8.23. The number of hydrogen-bond acceptors (Lipinski definition) is 5. The van der Waals surface area contributed by atoms with Gasteiger partial charge in [-0.15, -0.1) is 21.7 Å². The molecule has 2 aromatic heterocycles. The minimum atomic E-state index is -0.445. The van der Waals surface area contributed by atoms with Crippen LogP contribution in [0.5, 0.6) is 0 Å². The fourth-order valence-electron chi connectivity index (χ4n) is 3.15. The lowest BCUT2D eigenvalue weighted by Crippen LogP contribution is -2.49. The first-order chi connectivity index (χ1) is 13.1. The maximum Gasteiger partial charge on any atom is 0.227 e. The highest BCUT2D eigenvalue weighted by Crippen LogP contribution is 2.16. The molecule has 1 amide bonds. The van der Waals surface area contributed by atoms with Crippen molar-refractivity contribution in [3.8, 4) is 12.3 Å². The molecule has 0 N–H and O–H groups in total. The third-order valence-electron chi connectivity index (χ3n) is 4.65. The summed E-state index contributed by atoms with van der Waals surface area (Å²) in [4.78, 5) is 16.5. The Bertz CT molecular complexity index is 1030. The van der Waals surface area contributed by atoms with Gasteiger partial charge in [-0.05, 0) is 29.8 Å². The fraction of sp³-hybridized carbons (Fsp3) is 0.263. The average molecular weight is 364 g/mol. The van der Waals surface area contributed by atoms with Gasteiger partial charge in [0, 0.05) is 26.2 Å². The molecule has 1 aromatic carbocycles. The minimum absolute atomic E-state index is 0.00597. The SMILES string of the molecule is C#Cc1cc(CC(=O)N2CCN(c3ccc4nncn4n3)CC2)ccc1F. The number of terminal acetylenes is 1. The van der Waals surface area contributed by atoms with Gasteiger partial charge in [0.05, 0.1) is 12.0 Å². The van der Waals surface area contributed by atoms with Gasteiger partial charge < -0.3 is 9.80 Å². The Labute approximate surface area is 155 Å². The number of piperazine rings is 1. The van der Waals surface area contributed by atoms with Gasteiger partial charge in [-0.3, -0.25) is 4.79 Å². The van der Waals surface area contributed by atoms with Crippen molar-refractivity contribution in [1.29, 1.82) is 0 Å². The predicted octanol–water partition coefficient (Wildman–Crippen LogP) is 1.14. The topological polar surface area (TPSA) is 66.6 Å². The standard InChI is InChI=1S/C19H17FN6O/c1-2-15-11-14(3-4-16(15)20)12-19(27)25-9-7-24(8-10-25)18-6-5-17-22-21-13-26(17)23-18/h1,3-6,11,13H,7-10,12H2. The number of carbonyl (C=O) groups is 1. The summed E-state index contributed by atoms with van der Waals surface area (Å²) in [7, 11) is 0. The Kier molecular flexibility index (Phi) is 4.42. The molecule has 8 heteroatoms. The van der Waals surface area contributed by atoms with Crippen molar-refractivity contribution in [2.75, 3.05) is 31.1 Å². The molecular weight excluding hydrogens is 347 g/mol. The van der Waals surface area contributed by atoms with E-state index in [1.165, 1.54) is 6.07 Å². The van der Waals surface area contributed by atoms with E-state index in [1.807, 2.05) is 17.0 Å². The number of aromatic nitrogens is 4. The van der Waals surface area contributed by atoms with Gasteiger partial charge in [-0.25, -0.2) is 4.39 Å². The summed E-state index contributed by atoms with van der Waals surface area (Å²) < 4.78 is 15.1. The molecule has 4 rings (SSSR count). The molecule has 0 bridgehead atoms. The second kappa shape index (κ2) is 7.03. The maximum atomic E-state index is 13.5. The number of amides is 1. The molecule has 7 nitrogen and oxygen atoms in total. The molecule has 136 valence electrons. The van der Waals surface area contributed by atoms with Gasteiger partial charge in [0.1, 0.15) is 18.0 Å². The van der Waals surface area contributed by atoms with E-state index in [0.29, 0.717) is 31.8 Å². The van der Waals surface area contributed by atoms with Gasteiger partial charge in [0.25, 0.3) is 0 Å². The summed E-state index contributed by atoms with van der Waals surface area (Å²) >= 11 is 0. The summed E-state index contributed by atoms with van der Waals surface area (Å²) in [5.74, 6) is 2.69. The highest BCUT2D eigenvalue weighted by Gasteiger charge is 2.22. The lowest BCUT2D eigenvalue weighted by Gasteiger charge is -2.35. The monoisotopic (exact) mass is 364 g/mol. The Balaban J connectivity index is 1.38. The molecule has 1 fully saturated rings. The predicted molar refractivity (Wildman–Crippen MR) is 97.6 cm³/mol. The van der Waals surface area contributed by atoms with Crippen LogP contribution in [-0.2, 0) is 11.2 Å². The lowest BCUT2D eigenvalue weighted by molar-refractivity contribution is -0.130. The van der Waals surface area contributed by atoms with Gasteiger partial charge in [0.2, 0.25) is 5.91 Å². The number of hydrogen-bond donors (Lipinski definition) is 0. The van der Waals surface area contributed by atoms with Gasteiger partial charge in [-0.1, -0.05) is 12.0 Å². The average Bonchev–Trinajstić information content (AvgIpc) is 3.17. The van der Waals surface area contributed by atoms with Crippen LogP contribution >= 0.6 is 0 Å². The molecule has 0 unspecified atom stereocenters. The molecule has 3 aromatic rings. The van der Waals surface area contributed by atoms with Gasteiger partial charge >= 0.3 is 0 Å². The molecular formula is C19H17FN6O. The zero-order valence-electron chi connectivity index (χ0n) is 14.5. The van der Waals surface area contributed by atoms with Crippen molar-refractivity contribution in [2.24, 2.45) is 0 Å². The number of rotatable bonds is 3. The Morgan fingerprint density at radius 3 is 2.78 bits per heavy atom. The number of anilines is 1. The van der Waals surface area contributed by atoms with Crippen LogP contribution in [0.25, 0.3) is 5.65 Å². The van der Waals surface area contributed by atoms with Crippen molar-refractivity contribution in [1.82, 2.24) is 24.7 Å². The lowest BCUT2D eigenvalue weighted by atomic mass is 10.1. The summed E-state index contributed by atoms with van der Waals surface area (Å²) in [6.45, 7) is 2.57. The highest BCUT2D eigenvalue weighted by atomic mass is 19.1. The molecule has 1 aliphatic heterocycles. The first-order valence-electron chi connectivity index (χ1n) is 8.59. The molecule has 0 aliphatic carbocycles. The van der Waals surface area contributed by atoms with Crippen LogP contribution in [0.4, 0.5) is 10.2 Å². The third kappa shape index (κ3) is 3.44. The van der Waals surface area contributed by atoms with Crippen LogP contribution in [-0.4, -0.2) is 56.8 Å². The van der Waals surface area contributed by atoms with Crippen molar-refractivity contribution >= 4 is 17.4 Å². The molecule has 1 saturated heterocycles. The van der Waals surface area contributed by atoms with Crippen molar-refractivity contribution in [3.05, 3.63) is 53.6 Å². The van der Waals surface area contributed by atoms with Crippen LogP contribution in [0.3, 0.4) is 0 Å². The molecule has 0 atom stereocenters. The molecule has 0 saturated carbocycles. The van der Waals surface area contributed by atoms with Crippen LogP contribution < -0.4 is 4.90 Å². The smallest absolute Gasteiger partial charge is 0.227 e.